The molecule has 0 saturated carbocycles. The van der Waals surface area contributed by atoms with Crippen LogP contribution >= 0.6 is 0 Å². The number of aromatic nitrogens is 2. The maximum absolute atomic E-state index is 12.8. The minimum absolute atomic E-state index is 0.285. The van der Waals surface area contributed by atoms with Gasteiger partial charge in [0.25, 0.3) is 0 Å². The van der Waals surface area contributed by atoms with Gasteiger partial charge in [-0.3, -0.25) is 9.47 Å². The number of halogens is 3. The van der Waals surface area contributed by atoms with Crippen LogP contribution in [-0.4, -0.2) is 47.3 Å². The molecule has 2 aromatic rings. The molecule has 2 heterocycles. The maximum atomic E-state index is 12.8. The van der Waals surface area contributed by atoms with E-state index >= 15 is 0 Å². The largest absolute Gasteiger partial charge is 0.416 e. The Balaban J connectivity index is 1.87. The van der Waals surface area contributed by atoms with Crippen molar-refractivity contribution in [3.63, 3.8) is 0 Å². The van der Waals surface area contributed by atoms with Gasteiger partial charge >= 0.3 is 11.9 Å². The van der Waals surface area contributed by atoms with Gasteiger partial charge in [0.05, 0.1) is 29.8 Å². The summed E-state index contributed by atoms with van der Waals surface area (Å²) in [6.45, 7) is 3.77. The fourth-order valence-corrected chi connectivity index (χ4v) is 2.62. The zero-order chi connectivity index (χ0) is 15.7. The first-order chi connectivity index (χ1) is 10.4. The number of benzene rings is 1. The highest BCUT2D eigenvalue weighted by Gasteiger charge is 2.31. The first-order valence-corrected chi connectivity index (χ1v) is 7.05. The number of nitrogens with zero attached hydrogens (tertiary/aromatic N) is 2. The van der Waals surface area contributed by atoms with Crippen LogP contribution in [0.4, 0.5) is 13.2 Å². The SMILES string of the molecule is O=c1[nH]c2ccc(C(F)(F)F)cc2n1CCN1CCOCC1. The average Bonchev–Trinajstić information content (AvgIpc) is 2.80. The highest BCUT2D eigenvalue weighted by molar-refractivity contribution is 5.76. The standard InChI is InChI=1S/C14H16F3N3O2/c15-14(16,17)10-1-2-11-12(9-10)20(13(21)18-11)4-3-19-5-7-22-8-6-19/h1-2,9H,3-8H2,(H,18,21). The summed E-state index contributed by atoms with van der Waals surface area (Å²) in [6.07, 6.45) is -4.42. The van der Waals surface area contributed by atoms with Gasteiger partial charge in [-0.25, -0.2) is 4.79 Å². The molecule has 22 heavy (non-hydrogen) atoms. The molecule has 3 rings (SSSR count). The fraction of sp³-hybridized carbons (Fsp3) is 0.500. The summed E-state index contributed by atoms with van der Waals surface area (Å²) in [7, 11) is 0. The average molecular weight is 315 g/mol. The van der Waals surface area contributed by atoms with Crippen molar-refractivity contribution in [2.24, 2.45) is 0 Å². The van der Waals surface area contributed by atoms with Gasteiger partial charge in [-0.1, -0.05) is 0 Å². The number of nitrogens with one attached hydrogen (secondary N) is 1. The predicted octanol–water partition coefficient (Wildman–Crippen LogP) is 1.68. The van der Waals surface area contributed by atoms with E-state index in [0.717, 1.165) is 25.2 Å². The highest BCUT2D eigenvalue weighted by atomic mass is 19.4. The minimum Gasteiger partial charge on any atom is -0.379 e. The molecule has 0 unspecified atom stereocenters. The number of rotatable bonds is 3. The third-order valence-electron chi connectivity index (χ3n) is 3.85. The molecule has 1 aromatic carbocycles. The van der Waals surface area contributed by atoms with Gasteiger partial charge in [0.2, 0.25) is 0 Å². The van der Waals surface area contributed by atoms with Gasteiger partial charge in [0.1, 0.15) is 0 Å². The zero-order valence-electron chi connectivity index (χ0n) is 11.8. The monoisotopic (exact) mass is 315 g/mol. The van der Waals surface area contributed by atoms with E-state index in [9.17, 15) is 18.0 Å². The molecule has 120 valence electrons. The van der Waals surface area contributed by atoms with Crippen LogP contribution in [0.3, 0.4) is 0 Å². The number of H-pyrrole nitrogens is 1. The van der Waals surface area contributed by atoms with Crippen molar-refractivity contribution in [1.82, 2.24) is 14.5 Å². The molecule has 1 aliphatic heterocycles. The van der Waals surface area contributed by atoms with Crippen molar-refractivity contribution in [3.8, 4) is 0 Å². The Morgan fingerprint density at radius 3 is 2.59 bits per heavy atom. The summed E-state index contributed by atoms with van der Waals surface area (Å²) in [5, 5.41) is 0. The Bertz CT molecular complexity index is 714. The first-order valence-electron chi connectivity index (χ1n) is 7.05. The number of ether oxygens (including phenoxy) is 1. The molecule has 8 heteroatoms. The normalized spacial score (nSPS) is 17.2. The summed E-state index contributed by atoms with van der Waals surface area (Å²) in [4.78, 5) is 16.7. The van der Waals surface area contributed by atoms with Crippen molar-refractivity contribution in [1.29, 1.82) is 0 Å². The molecule has 0 bridgehead atoms. The lowest BCUT2D eigenvalue weighted by molar-refractivity contribution is -0.137. The molecule has 0 aliphatic carbocycles. The smallest absolute Gasteiger partial charge is 0.379 e. The first kappa shape index (κ1) is 15.1. The lowest BCUT2D eigenvalue weighted by Crippen LogP contribution is -2.39. The molecule has 1 aliphatic rings. The lowest BCUT2D eigenvalue weighted by atomic mass is 10.2. The highest BCUT2D eigenvalue weighted by Crippen LogP contribution is 2.30. The number of morpholine rings is 1. The number of hydrogen-bond acceptors (Lipinski definition) is 3. The molecule has 0 spiro atoms. The second-order valence-corrected chi connectivity index (χ2v) is 5.27. The topological polar surface area (TPSA) is 50.3 Å². The number of alkyl halides is 3. The molecule has 1 fully saturated rings. The second kappa shape index (κ2) is 5.77. The van der Waals surface area contributed by atoms with Gasteiger partial charge < -0.3 is 9.72 Å². The van der Waals surface area contributed by atoms with Crippen LogP contribution < -0.4 is 5.69 Å². The van der Waals surface area contributed by atoms with Crippen molar-refractivity contribution >= 4 is 11.0 Å². The van der Waals surface area contributed by atoms with Crippen LogP contribution in [0, 0.1) is 0 Å². The molecule has 5 nitrogen and oxygen atoms in total. The predicted molar refractivity (Wildman–Crippen MR) is 74.8 cm³/mol. The van der Waals surface area contributed by atoms with E-state index < -0.39 is 11.7 Å². The Hall–Kier alpha value is -1.80. The van der Waals surface area contributed by atoms with Crippen molar-refractivity contribution < 1.29 is 17.9 Å². The Kier molecular flexibility index (Phi) is 3.96. The summed E-state index contributed by atoms with van der Waals surface area (Å²) in [5.74, 6) is 0. The number of imidazole rings is 1. The van der Waals surface area contributed by atoms with Crippen LogP contribution in [0.25, 0.3) is 11.0 Å². The molecule has 1 aromatic heterocycles. The number of fused-ring (bicyclic) bond motifs is 1. The van der Waals surface area contributed by atoms with Crippen LogP contribution in [0.2, 0.25) is 0 Å². The molecule has 0 radical (unpaired) electrons. The Morgan fingerprint density at radius 1 is 1.18 bits per heavy atom. The van der Waals surface area contributed by atoms with E-state index in [1.54, 1.807) is 0 Å². The molecular weight excluding hydrogens is 299 g/mol. The Labute approximate surface area is 124 Å². The van der Waals surface area contributed by atoms with Gasteiger partial charge in [-0.05, 0) is 18.2 Å². The summed E-state index contributed by atoms with van der Waals surface area (Å²) in [5.41, 5.74) is -0.435. The second-order valence-electron chi connectivity index (χ2n) is 5.27. The van der Waals surface area contributed by atoms with E-state index in [2.05, 4.69) is 9.88 Å². The van der Waals surface area contributed by atoms with Crippen LogP contribution in [-0.2, 0) is 17.5 Å². The van der Waals surface area contributed by atoms with E-state index in [1.165, 1.54) is 10.6 Å². The summed E-state index contributed by atoms with van der Waals surface area (Å²) >= 11 is 0. The van der Waals surface area contributed by atoms with Gasteiger partial charge in [0.15, 0.2) is 0 Å². The maximum Gasteiger partial charge on any atom is 0.416 e. The molecule has 1 saturated heterocycles. The van der Waals surface area contributed by atoms with E-state index in [0.29, 0.717) is 31.8 Å². The lowest BCUT2D eigenvalue weighted by Gasteiger charge is -2.26. The van der Waals surface area contributed by atoms with Crippen molar-refractivity contribution in [2.45, 2.75) is 12.7 Å². The van der Waals surface area contributed by atoms with Crippen molar-refractivity contribution in [2.75, 3.05) is 32.8 Å². The third-order valence-corrected chi connectivity index (χ3v) is 3.85. The molecular formula is C14H16F3N3O2. The number of hydrogen-bond donors (Lipinski definition) is 1. The van der Waals surface area contributed by atoms with Gasteiger partial charge in [-0.15, -0.1) is 0 Å². The van der Waals surface area contributed by atoms with Crippen LogP contribution in [0.5, 0.6) is 0 Å². The summed E-state index contributed by atoms with van der Waals surface area (Å²) < 4.78 is 45.0. The van der Waals surface area contributed by atoms with Gasteiger partial charge in [-0.2, -0.15) is 13.2 Å². The van der Waals surface area contributed by atoms with E-state index in [4.69, 9.17) is 4.74 Å². The summed E-state index contributed by atoms with van der Waals surface area (Å²) in [6, 6.07) is 3.29. The Morgan fingerprint density at radius 2 is 1.91 bits per heavy atom. The molecule has 1 N–H and O–H groups in total. The molecule has 0 amide bonds. The van der Waals surface area contributed by atoms with Crippen LogP contribution in [0.15, 0.2) is 23.0 Å². The van der Waals surface area contributed by atoms with E-state index in [-0.39, 0.29) is 11.2 Å². The van der Waals surface area contributed by atoms with Gasteiger partial charge in [0, 0.05) is 26.2 Å². The molecule has 0 atom stereocenters. The third kappa shape index (κ3) is 3.02. The number of aromatic amines is 1. The minimum atomic E-state index is -4.42. The fourth-order valence-electron chi connectivity index (χ4n) is 2.62. The quantitative estimate of drug-likeness (QED) is 0.937. The van der Waals surface area contributed by atoms with E-state index in [1.807, 2.05) is 0 Å². The van der Waals surface area contributed by atoms with Crippen LogP contribution in [0.1, 0.15) is 5.56 Å². The zero-order valence-corrected chi connectivity index (χ0v) is 11.8. The van der Waals surface area contributed by atoms with Crippen molar-refractivity contribution in [3.05, 3.63) is 34.2 Å².